The maximum absolute atomic E-state index is 12.8. The Hall–Kier alpha value is -2.26. The van der Waals surface area contributed by atoms with Gasteiger partial charge in [-0.1, -0.05) is 11.6 Å². The fraction of sp³-hybridized carbons (Fsp3) is 0.133. The van der Waals surface area contributed by atoms with E-state index in [1.165, 1.54) is 31.2 Å². The maximum atomic E-state index is 12.8. The number of carbonyl (C=O) groups is 1. The van der Waals surface area contributed by atoms with Crippen molar-refractivity contribution in [3.05, 3.63) is 53.1 Å². The Kier molecular flexibility index (Phi) is 5.28. The van der Waals surface area contributed by atoms with Gasteiger partial charge in [-0.2, -0.15) is 13.2 Å². The van der Waals surface area contributed by atoms with E-state index in [1.54, 1.807) is 0 Å². The van der Waals surface area contributed by atoms with Crippen molar-refractivity contribution in [1.82, 2.24) is 0 Å². The fourth-order valence-electron chi connectivity index (χ4n) is 1.94. The van der Waals surface area contributed by atoms with Gasteiger partial charge in [-0.15, -0.1) is 0 Å². The number of benzene rings is 2. The van der Waals surface area contributed by atoms with Gasteiger partial charge in [0, 0.05) is 18.3 Å². The predicted octanol–water partition coefficient (Wildman–Crippen LogP) is 4.12. The summed E-state index contributed by atoms with van der Waals surface area (Å²) >= 11 is 5.50. The number of amides is 1. The second-order valence-corrected chi connectivity index (χ2v) is 7.09. The highest BCUT2D eigenvalue weighted by molar-refractivity contribution is 7.92. The maximum Gasteiger partial charge on any atom is 0.417 e. The van der Waals surface area contributed by atoms with E-state index in [-0.39, 0.29) is 16.5 Å². The molecule has 0 fully saturated rings. The van der Waals surface area contributed by atoms with Crippen LogP contribution in [0, 0.1) is 0 Å². The largest absolute Gasteiger partial charge is 0.417 e. The predicted molar refractivity (Wildman–Crippen MR) is 88.0 cm³/mol. The van der Waals surface area contributed by atoms with Crippen molar-refractivity contribution in [3.63, 3.8) is 0 Å². The Morgan fingerprint density at radius 3 is 2.12 bits per heavy atom. The SMILES string of the molecule is CC(=O)Nc1ccc(S(=O)(=O)Nc2ccc(Cl)c(C(F)(F)F)c2)cc1. The lowest BCUT2D eigenvalue weighted by Gasteiger charge is -2.13. The number of halogens is 4. The molecule has 0 unspecified atom stereocenters. The van der Waals surface area contributed by atoms with Gasteiger partial charge in [-0.05, 0) is 42.5 Å². The molecule has 25 heavy (non-hydrogen) atoms. The second-order valence-electron chi connectivity index (χ2n) is 5.00. The standard InChI is InChI=1S/C15H12ClF3N2O3S/c1-9(22)20-10-2-5-12(6-3-10)25(23,24)21-11-4-7-14(16)13(8-11)15(17,18)19/h2-8,21H,1H3,(H,20,22). The first-order chi connectivity index (χ1) is 11.5. The average Bonchev–Trinajstić information content (AvgIpc) is 2.48. The van der Waals surface area contributed by atoms with Crippen molar-refractivity contribution in [2.75, 3.05) is 10.0 Å². The van der Waals surface area contributed by atoms with E-state index in [1.807, 2.05) is 0 Å². The Labute approximate surface area is 146 Å². The van der Waals surface area contributed by atoms with Gasteiger partial charge in [-0.3, -0.25) is 9.52 Å². The lowest BCUT2D eigenvalue weighted by atomic mass is 10.2. The number of carbonyl (C=O) groups excluding carboxylic acids is 1. The van der Waals surface area contributed by atoms with Crippen molar-refractivity contribution in [3.8, 4) is 0 Å². The molecule has 10 heteroatoms. The zero-order valence-corrected chi connectivity index (χ0v) is 14.3. The minimum absolute atomic E-state index is 0.176. The highest BCUT2D eigenvalue weighted by Crippen LogP contribution is 2.36. The van der Waals surface area contributed by atoms with Crippen LogP contribution in [0.2, 0.25) is 5.02 Å². The lowest BCUT2D eigenvalue weighted by Crippen LogP contribution is -2.14. The number of rotatable bonds is 4. The van der Waals surface area contributed by atoms with Crippen LogP contribution < -0.4 is 10.0 Å². The highest BCUT2D eigenvalue weighted by atomic mass is 35.5. The molecule has 0 aliphatic heterocycles. The molecule has 1 amide bonds. The molecule has 134 valence electrons. The summed E-state index contributed by atoms with van der Waals surface area (Å²) in [5, 5.41) is 1.94. The molecule has 0 saturated heterocycles. The molecule has 2 N–H and O–H groups in total. The summed E-state index contributed by atoms with van der Waals surface area (Å²) in [5.41, 5.74) is -1.03. The molecular weight excluding hydrogens is 381 g/mol. The van der Waals surface area contributed by atoms with E-state index in [9.17, 15) is 26.4 Å². The molecule has 2 aromatic rings. The van der Waals surface area contributed by atoms with Crippen LogP contribution in [0.25, 0.3) is 0 Å². The number of sulfonamides is 1. The zero-order valence-electron chi connectivity index (χ0n) is 12.7. The normalized spacial score (nSPS) is 11.9. The number of hydrogen-bond donors (Lipinski definition) is 2. The summed E-state index contributed by atoms with van der Waals surface area (Å²) in [4.78, 5) is 10.8. The average molecular weight is 393 g/mol. The van der Waals surface area contributed by atoms with Crippen LogP contribution >= 0.6 is 11.6 Å². The van der Waals surface area contributed by atoms with Crippen LogP contribution in [0.15, 0.2) is 47.4 Å². The molecule has 2 aromatic carbocycles. The zero-order chi connectivity index (χ0) is 18.8. The summed E-state index contributed by atoms with van der Waals surface area (Å²) < 4.78 is 65.1. The molecular formula is C15H12ClF3N2O3S. The van der Waals surface area contributed by atoms with Crippen LogP contribution in [0.3, 0.4) is 0 Å². The molecule has 0 aromatic heterocycles. The van der Waals surface area contributed by atoms with Crippen molar-refractivity contribution in [1.29, 1.82) is 0 Å². The van der Waals surface area contributed by atoms with Gasteiger partial charge in [0.15, 0.2) is 0 Å². The van der Waals surface area contributed by atoms with Crippen LogP contribution in [0.4, 0.5) is 24.5 Å². The summed E-state index contributed by atoms with van der Waals surface area (Å²) in [6.45, 7) is 1.30. The molecule has 0 saturated carbocycles. The summed E-state index contributed by atoms with van der Waals surface area (Å²) in [6, 6.07) is 7.86. The number of hydrogen-bond acceptors (Lipinski definition) is 3. The first kappa shape index (κ1) is 19.1. The first-order valence-corrected chi connectivity index (χ1v) is 8.62. The van der Waals surface area contributed by atoms with E-state index in [4.69, 9.17) is 11.6 Å². The molecule has 0 atom stereocenters. The third-order valence-corrected chi connectivity index (χ3v) is 4.74. The van der Waals surface area contributed by atoms with Gasteiger partial charge >= 0.3 is 6.18 Å². The van der Waals surface area contributed by atoms with Gasteiger partial charge in [0.1, 0.15) is 0 Å². The van der Waals surface area contributed by atoms with Crippen molar-refractivity contribution < 1.29 is 26.4 Å². The molecule has 0 spiro atoms. The van der Waals surface area contributed by atoms with Crippen molar-refractivity contribution >= 4 is 38.9 Å². The van der Waals surface area contributed by atoms with Crippen LogP contribution in [0.5, 0.6) is 0 Å². The molecule has 0 heterocycles. The van der Waals surface area contributed by atoms with Gasteiger partial charge in [0.25, 0.3) is 10.0 Å². The van der Waals surface area contributed by atoms with Gasteiger partial charge in [0.2, 0.25) is 5.91 Å². The van der Waals surface area contributed by atoms with E-state index in [0.717, 1.165) is 12.1 Å². The Balaban J connectivity index is 2.28. The Morgan fingerprint density at radius 1 is 1.04 bits per heavy atom. The molecule has 0 radical (unpaired) electrons. The third-order valence-electron chi connectivity index (χ3n) is 3.01. The monoisotopic (exact) mass is 392 g/mol. The Bertz CT molecular complexity index is 897. The van der Waals surface area contributed by atoms with Crippen LogP contribution in [-0.4, -0.2) is 14.3 Å². The number of anilines is 2. The highest BCUT2D eigenvalue weighted by Gasteiger charge is 2.33. The minimum Gasteiger partial charge on any atom is -0.326 e. The topological polar surface area (TPSA) is 75.3 Å². The third kappa shape index (κ3) is 4.86. The van der Waals surface area contributed by atoms with E-state index >= 15 is 0 Å². The van der Waals surface area contributed by atoms with Gasteiger partial charge in [0.05, 0.1) is 15.5 Å². The quantitative estimate of drug-likeness (QED) is 0.821. The minimum atomic E-state index is -4.71. The Morgan fingerprint density at radius 2 is 1.60 bits per heavy atom. The number of nitrogens with one attached hydrogen (secondary N) is 2. The number of alkyl halides is 3. The molecule has 0 aliphatic carbocycles. The summed E-state index contributed by atoms with van der Waals surface area (Å²) in [5.74, 6) is -0.324. The van der Waals surface area contributed by atoms with Crippen molar-refractivity contribution in [2.45, 2.75) is 18.0 Å². The first-order valence-electron chi connectivity index (χ1n) is 6.76. The van der Waals surface area contributed by atoms with Crippen molar-refractivity contribution in [2.24, 2.45) is 0 Å². The fourth-order valence-corrected chi connectivity index (χ4v) is 3.21. The smallest absolute Gasteiger partial charge is 0.326 e. The second kappa shape index (κ2) is 6.93. The van der Waals surface area contributed by atoms with E-state index < -0.39 is 26.8 Å². The van der Waals surface area contributed by atoms with Gasteiger partial charge in [-0.25, -0.2) is 8.42 Å². The lowest BCUT2D eigenvalue weighted by molar-refractivity contribution is -0.137. The van der Waals surface area contributed by atoms with E-state index in [2.05, 4.69) is 10.0 Å². The molecule has 0 bridgehead atoms. The van der Waals surface area contributed by atoms with E-state index in [0.29, 0.717) is 11.8 Å². The summed E-state index contributed by atoms with van der Waals surface area (Å²) in [6.07, 6.45) is -4.71. The van der Waals surface area contributed by atoms with Gasteiger partial charge < -0.3 is 5.32 Å². The summed E-state index contributed by atoms with van der Waals surface area (Å²) in [7, 11) is -4.11. The molecule has 5 nitrogen and oxygen atoms in total. The van der Waals surface area contributed by atoms with Crippen LogP contribution in [-0.2, 0) is 21.0 Å². The molecule has 0 aliphatic rings. The molecule has 2 rings (SSSR count). The van der Waals surface area contributed by atoms with Crippen LogP contribution in [0.1, 0.15) is 12.5 Å².